The molecule has 35 heavy (non-hydrogen) atoms. The maximum Gasteiger partial charge on any atom is 0.257 e. The second kappa shape index (κ2) is 11.6. The van der Waals surface area contributed by atoms with E-state index in [1.807, 2.05) is 0 Å². The molecule has 1 fully saturated rings. The fraction of sp³-hybridized carbons (Fsp3) is 0.391. The largest absolute Gasteiger partial charge is 0.496 e. The number of nitrogens with one attached hydrogen (secondary N) is 1. The van der Waals surface area contributed by atoms with Gasteiger partial charge in [-0.2, -0.15) is 8.78 Å². The van der Waals surface area contributed by atoms with Gasteiger partial charge in [-0.05, 0) is 31.0 Å². The molecule has 2 atom stereocenters. The van der Waals surface area contributed by atoms with Crippen LogP contribution < -0.4 is 14.8 Å². The number of aliphatic hydroxyl groups excluding tert-OH is 1. The summed E-state index contributed by atoms with van der Waals surface area (Å²) in [5.74, 6) is -9.08. The van der Waals surface area contributed by atoms with Gasteiger partial charge in [-0.1, -0.05) is 11.6 Å². The first kappa shape index (κ1) is 26.6. The first-order valence-corrected chi connectivity index (χ1v) is 11.0. The second-order valence-electron chi connectivity index (χ2n) is 7.94. The monoisotopic (exact) mass is 518 g/mol. The van der Waals surface area contributed by atoms with Crippen LogP contribution in [-0.4, -0.2) is 61.3 Å². The summed E-state index contributed by atoms with van der Waals surface area (Å²) in [6, 6.07) is 4.68. The molecule has 3 rings (SSSR count). The van der Waals surface area contributed by atoms with Crippen molar-refractivity contribution in [3.63, 3.8) is 0 Å². The van der Waals surface area contributed by atoms with Crippen molar-refractivity contribution in [2.45, 2.75) is 18.9 Å². The lowest BCUT2D eigenvalue weighted by Gasteiger charge is -2.32. The molecule has 12 heteroatoms. The summed E-state index contributed by atoms with van der Waals surface area (Å²) >= 11 is 6.00. The van der Waals surface area contributed by atoms with Crippen LogP contribution in [0.25, 0.3) is 0 Å². The molecule has 2 aromatic carbocycles. The molecule has 1 heterocycles. The smallest absolute Gasteiger partial charge is 0.257 e. The number of methoxy groups -OCH3 is 1. The molecule has 1 saturated heterocycles. The molecule has 0 saturated carbocycles. The average Bonchev–Trinajstić information content (AvgIpc) is 2.85. The highest BCUT2D eigenvalue weighted by Gasteiger charge is 2.30. The molecule has 190 valence electrons. The Bertz CT molecular complexity index is 1080. The average molecular weight is 519 g/mol. The summed E-state index contributed by atoms with van der Waals surface area (Å²) in [7, 11) is 1.43. The van der Waals surface area contributed by atoms with Crippen LogP contribution in [0.2, 0.25) is 5.02 Å². The number of ether oxygens (including phenoxy) is 2. The van der Waals surface area contributed by atoms with E-state index in [9.17, 15) is 32.3 Å². The van der Waals surface area contributed by atoms with Crippen molar-refractivity contribution >= 4 is 23.4 Å². The molecule has 0 spiro atoms. The van der Waals surface area contributed by atoms with Gasteiger partial charge >= 0.3 is 0 Å². The minimum atomic E-state index is -1.73. The summed E-state index contributed by atoms with van der Waals surface area (Å²) in [5.41, 5.74) is 0.266. The van der Waals surface area contributed by atoms with Gasteiger partial charge in [0, 0.05) is 30.7 Å². The quantitative estimate of drug-likeness (QED) is 0.413. The highest BCUT2D eigenvalue weighted by Crippen LogP contribution is 2.28. The maximum atomic E-state index is 13.6. The van der Waals surface area contributed by atoms with Crippen molar-refractivity contribution in [2.24, 2.45) is 5.92 Å². The predicted octanol–water partition coefficient (Wildman–Crippen LogP) is 3.31. The van der Waals surface area contributed by atoms with E-state index in [4.69, 9.17) is 21.1 Å². The zero-order chi connectivity index (χ0) is 25.7. The standard InChI is InChI=1S/C23H23ClF4N2O5/c1-34-18-5-4-13(24)7-15(18)23(33)30-6-2-3-12(10-30)22(32)29-9-14(31)11-35-21-19(27)16(25)8-17(26)20(21)28/h4-5,7-8,12,14,31H,2-3,6,9-11H2,1H3,(H,29,32)/t12-,14?/m0/s1. The van der Waals surface area contributed by atoms with Crippen LogP contribution in [0, 0.1) is 29.2 Å². The van der Waals surface area contributed by atoms with Crippen LogP contribution in [0.3, 0.4) is 0 Å². The Hall–Kier alpha value is -3.05. The number of likely N-dealkylation sites (tertiary alicyclic amines) is 1. The Morgan fingerprint density at radius 3 is 2.54 bits per heavy atom. The van der Waals surface area contributed by atoms with E-state index in [0.717, 1.165) is 0 Å². The maximum absolute atomic E-state index is 13.6. The fourth-order valence-electron chi connectivity index (χ4n) is 3.67. The Balaban J connectivity index is 1.54. The minimum absolute atomic E-state index is 0.0366. The molecule has 2 amide bonds. The molecule has 2 aromatic rings. The van der Waals surface area contributed by atoms with Gasteiger partial charge in [0.25, 0.3) is 5.91 Å². The van der Waals surface area contributed by atoms with E-state index >= 15 is 0 Å². The molecule has 0 radical (unpaired) electrons. The zero-order valence-corrected chi connectivity index (χ0v) is 19.4. The van der Waals surface area contributed by atoms with E-state index < -0.39 is 53.6 Å². The highest BCUT2D eigenvalue weighted by molar-refractivity contribution is 6.31. The van der Waals surface area contributed by atoms with Crippen LogP contribution in [0.5, 0.6) is 11.5 Å². The minimum Gasteiger partial charge on any atom is -0.496 e. The molecule has 0 aromatic heterocycles. The molecule has 1 aliphatic heterocycles. The molecule has 1 aliphatic rings. The number of hydrogen-bond donors (Lipinski definition) is 2. The summed E-state index contributed by atoms with van der Waals surface area (Å²) in [4.78, 5) is 27.1. The number of carbonyl (C=O) groups is 2. The van der Waals surface area contributed by atoms with E-state index in [0.29, 0.717) is 30.2 Å². The van der Waals surface area contributed by atoms with Crippen LogP contribution in [0.15, 0.2) is 24.3 Å². The van der Waals surface area contributed by atoms with Gasteiger partial charge in [0.15, 0.2) is 17.4 Å². The number of aliphatic hydroxyl groups is 1. The summed E-state index contributed by atoms with van der Waals surface area (Å²) in [5, 5.41) is 12.8. The van der Waals surface area contributed by atoms with Gasteiger partial charge in [-0.15, -0.1) is 0 Å². The van der Waals surface area contributed by atoms with Crippen molar-refractivity contribution in [3.8, 4) is 11.5 Å². The van der Waals surface area contributed by atoms with Crippen LogP contribution in [0.1, 0.15) is 23.2 Å². The van der Waals surface area contributed by atoms with Gasteiger partial charge in [-0.25, -0.2) is 8.78 Å². The summed E-state index contributed by atoms with van der Waals surface area (Å²) < 4.78 is 63.7. The van der Waals surface area contributed by atoms with Crippen molar-refractivity contribution in [1.29, 1.82) is 0 Å². The topological polar surface area (TPSA) is 88.1 Å². The SMILES string of the molecule is COc1ccc(Cl)cc1C(=O)N1CCC[C@H](C(=O)NCC(O)COc2c(F)c(F)cc(F)c2F)C1. The third-order valence-electron chi connectivity index (χ3n) is 5.47. The Morgan fingerprint density at radius 1 is 1.20 bits per heavy atom. The molecular formula is C23H23ClF4N2O5. The van der Waals surface area contributed by atoms with Crippen LogP contribution in [0.4, 0.5) is 17.6 Å². The van der Waals surface area contributed by atoms with Crippen molar-refractivity contribution in [3.05, 3.63) is 58.1 Å². The van der Waals surface area contributed by atoms with Crippen LogP contribution >= 0.6 is 11.6 Å². The number of carbonyl (C=O) groups excluding carboxylic acids is 2. The molecule has 0 bridgehead atoms. The fourth-order valence-corrected chi connectivity index (χ4v) is 3.84. The Kier molecular flexibility index (Phi) is 8.79. The molecule has 1 unspecified atom stereocenters. The van der Waals surface area contributed by atoms with Crippen molar-refractivity contribution in [1.82, 2.24) is 10.2 Å². The van der Waals surface area contributed by atoms with Gasteiger partial charge in [0.1, 0.15) is 18.5 Å². The van der Waals surface area contributed by atoms with Gasteiger partial charge in [0.05, 0.1) is 18.6 Å². The lowest BCUT2D eigenvalue weighted by atomic mass is 9.96. The second-order valence-corrected chi connectivity index (χ2v) is 8.38. The first-order valence-electron chi connectivity index (χ1n) is 10.7. The van der Waals surface area contributed by atoms with Gasteiger partial charge in [0.2, 0.25) is 17.5 Å². The zero-order valence-electron chi connectivity index (χ0n) is 18.6. The lowest BCUT2D eigenvalue weighted by Crippen LogP contribution is -2.47. The van der Waals surface area contributed by atoms with Crippen molar-refractivity contribution < 1.29 is 41.7 Å². The number of benzene rings is 2. The third kappa shape index (κ3) is 6.34. The number of rotatable bonds is 8. The van der Waals surface area contributed by atoms with E-state index in [2.05, 4.69) is 5.32 Å². The number of nitrogens with zero attached hydrogens (tertiary/aromatic N) is 1. The summed E-state index contributed by atoms with van der Waals surface area (Å²) in [6.45, 7) is -0.546. The summed E-state index contributed by atoms with van der Waals surface area (Å²) in [6.07, 6.45) is -0.378. The number of amides is 2. The number of piperidine rings is 1. The predicted molar refractivity (Wildman–Crippen MR) is 117 cm³/mol. The molecular weight excluding hydrogens is 496 g/mol. The van der Waals surface area contributed by atoms with E-state index in [1.54, 1.807) is 12.1 Å². The van der Waals surface area contributed by atoms with Gasteiger partial charge < -0.3 is 24.8 Å². The van der Waals surface area contributed by atoms with Gasteiger partial charge in [-0.3, -0.25) is 9.59 Å². The molecule has 7 nitrogen and oxygen atoms in total. The van der Waals surface area contributed by atoms with E-state index in [1.165, 1.54) is 18.1 Å². The van der Waals surface area contributed by atoms with Crippen molar-refractivity contribution in [2.75, 3.05) is 33.4 Å². The van der Waals surface area contributed by atoms with E-state index in [-0.39, 0.29) is 30.6 Å². The lowest BCUT2D eigenvalue weighted by molar-refractivity contribution is -0.126. The molecule has 0 aliphatic carbocycles. The number of hydrogen-bond acceptors (Lipinski definition) is 5. The number of halogens is 5. The Labute approximate surface area is 203 Å². The Morgan fingerprint density at radius 2 is 1.89 bits per heavy atom. The highest BCUT2D eigenvalue weighted by atomic mass is 35.5. The normalized spacial score (nSPS) is 16.5. The van der Waals surface area contributed by atoms with Crippen LogP contribution in [-0.2, 0) is 4.79 Å². The first-order chi connectivity index (χ1) is 16.6. The third-order valence-corrected chi connectivity index (χ3v) is 5.71. The molecule has 2 N–H and O–H groups in total.